The number of rotatable bonds is 6. The molecule has 180 valence electrons. The van der Waals surface area contributed by atoms with Gasteiger partial charge in [0.1, 0.15) is 11.3 Å². The average Bonchev–Trinajstić information content (AvgIpc) is 3.29. The van der Waals surface area contributed by atoms with E-state index in [-0.39, 0.29) is 11.4 Å². The average molecular weight is 705 g/mol. The van der Waals surface area contributed by atoms with Crippen molar-refractivity contribution in [2.45, 2.75) is 13.0 Å². The molecule has 0 saturated carbocycles. The van der Waals surface area contributed by atoms with Gasteiger partial charge in [0, 0.05) is 5.39 Å². The van der Waals surface area contributed by atoms with Crippen molar-refractivity contribution >= 4 is 79.2 Å². The van der Waals surface area contributed by atoms with Crippen LogP contribution in [0.1, 0.15) is 12.5 Å². The number of halogens is 2. The molecule has 5 rings (SSSR count). The number of aromatic nitrogens is 2. The zero-order chi connectivity index (χ0) is 25.4. The Bertz CT molecular complexity index is 1670. The molecule has 10 heteroatoms. The van der Waals surface area contributed by atoms with Gasteiger partial charge in [-0.1, -0.05) is 30.3 Å². The van der Waals surface area contributed by atoms with Crippen LogP contribution >= 0.6 is 45.2 Å². The van der Waals surface area contributed by atoms with Gasteiger partial charge in [0.05, 0.1) is 24.3 Å². The van der Waals surface area contributed by atoms with Gasteiger partial charge in [-0.2, -0.15) is 9.78 Å². The summed E-state index contributed by atoms with van der Waals surface area (Å²) in [6.07, 6.45) is 0.568. The minimum atomic E-state index is -1.05. The number of hydrogen-bond acceptors (Lipinski definition) is 6. The minimum absolute atomic E-state index is 0.283. The standard InChI is InChI=1S/C26H17I2N3O5/c1-14(26(33)34)35-23-18(27)10-15(11-19(23)28)13-29-31-24(22-12-16-6-2-5-9-21(16)36-22)30-20-8-4-3-7-17(20)25(31)32/h2-14H,1H3,(H,33,34)/t14-/m1/s1. The highest BCUT2D eigenvalue weighted by molar-refractivity contribution is 14.1. The van der Waals surface area contributed by atoms with Gasteiger partial charge in [0.25, 0.3) is 5.56 Å². The van der Waals surface area contributed by atoms with Crippen molar-refractivity contribution in [3.63, 3.8) is 0 Å². The molecule has 0 saturated heterocycles. The summed E-state index contributed by atoms with van der Waals surface area (Å²) in [5.41, 5.74) is 1.60. The summed E-state index contributed by atoms with van der Waals surface area (Å²) in [5, 5.41) is 15.0. The summed E-state index contributed by atoms with van der Waals surface area (Å²) in [7, 11) is 0. The van der Waals surface area contributed by atoms with Gasteiger partial charge in [-0.15, -0.1) is 0 Å². The van der Waals surface area contributed by atoms with Gasteiger partial charge in [0.2, 0.25) is 5.82 Å². The van der Waals surface area contributed by atoms with Crippen molar-refractivity contribution < 1.29 is 19.1 Å². The number of benzene rings is 3. The van der Waals surface area contributed by atoms with E-state index in [4.69, 9.17) is 14.3 Å². The molecule has 0 amide bonds. The molecule has 0 aliphatic heterocycles. The fraction of sp³-hybridized carbons (Fsp3) is 0.0769. The zero-order valence-corrected chi connectivity index (χ0v) is 23.0. The number of aliphatic carboxylic acids is 1. The number of fused-ring (bicyclic) bond motifs is 2. The van der Waals surface area contributed by atoms with Crippen LogP contribution < -0.4 is 10.3 Å². The second kappa shape index (κ2) is 10.0. The van der Waals surface area contributed by atoms with Crippen LogP contribution in [0.5, 0.6) is 5.75 Å². The summed E-state index contributed by atoms with van der Waals surface area (Å²) >= 11 is 4.17. The molecule has 2 aromatic heterocycles. The van der Waals surface area contributed by atoms with Gasteiger partial charge in [0.15, 0.2) is 11.9 Å². The first-order valence-electron chi connectivity index (χ1n) is 10.8. The maximum atomic E-state index is 13.4. The summed E-state index contributed by atoms with van der Waals surface area (Å²) in [6, 6.07) is 20.1. The third kappa shape index (κ3) is 4.74. The molecule has 5 aromatic rings. The SMILES string of the molecule is C[C@@H](Oc1c(I)cc(C=Nn2c(-c3cc4ccccc4o3)nc3ccccc3c2=O)cc1I)C(=O)O. The van der Waals surface area contributed by atoms with E-state index < -0.39 is 12.1 Å². The molecule has 8 nitrogen and oxygen atoms in total. The molecule has 0 fully saturated rings. The number of para-hydroxylation sites is 2. The molecule has 3 aromatic carbocycles. The third-order valence-corrected chi connectivity index (χ3v) is 6.99. The lowest BCUT2D eigenvalue weighted by Gasteiger charge is -2.14. The van der Waals surface area contributed by atoms with Crippen LogP contribution in [-0.2, 0) is 4.79 Å². The Morgan fingerprint density at radius 2 is 1.81 bits per heavy atom. The van der Waals surface area contributed by atoms with Gasteiger partial charge in [-0.3, -0.25) is 4.79 Å². The quantitative estimate of drug-likeness (QED) is 0.178. The fourth-order valence-corrected chi connectivity index (χ4v) is 5.67. The van der Waals surface area contributed by atoms with Crippen molar-refractivity contribution in [1.29, 1.82) is 0 Å². The molecule has 1 atom stereocenters. The summed E-state index contributed by atoms with van der Waals surface area (Å²) < 4.78 is 14.3. The van der Waals surface area contributed by atoms with E-state index in [0.29, 0.717) is 33.6 Å². The topological polar surface area (TPSA) is 107 Å². The summed E-state index contributed by atoms with van der Waals surface area (Å²) in [6.45, 7) is 1.47. The maximum absolute atomic E-state index is 13.4. The third-order valence-electron chi connectivity index (χ3n) is 5.38. The van der Waals surface area contributed by atoms with E-state index >= 15 is 0 Å². The number of hydrogen-bond donors (Lipinski definition) is 1. The Kier molecular flexibility index (Phi) is 6.79. The Hall–Kier alpha value is -3.26. The summed E-state index contributed by atoms with van der Waals surface area (Å²) in [4.78, 5) is 29.3. The van der Waals surface area contributed by atoms with E-state index in [1.54, 1.807) is 36.5 Å². The van der Waals surface area contributed by atoms with E-state index in [9.17, 15) is 9.59 Å². The van der Waals surface area contributed by atoms with E-state index in [2.05, 4.69) is 55.3 Å². The minimum Gasteiger partial charge on any atom is -0.479 e. The number of carbonyl (C=O) groups is 1. The molecule has 0 unspecified atom stereocenters. The van der Waals surface area contributed by atoms with Gasteiger partial charge < -0.3 is 14.3 Å². The zero-order valence-electron chi connectivity index (χ0n) is 18.7. The number of carboxylic acid groups (broad SMARTS) is 1. The smallest absolute Gasteiger partial charge is 0.344 e. The van der Waals surface area contributed by atoms with Crippen molar-refractivity contribution in [1.82, 2.24) is 9.66 Å². The molecular formula is C26H17I2N3O5. The molecule has 36 heavy (non-hydrogen) atoms. The highest BCUT2D eigenvalue weighted by Gasteiger charge is 2.18. The normalized spacial score (nSPS) is 12.4. The number of nitrogens with zero attached hydrogens (tertiary/aromatic N) is 3. The lowest BCUT2D eigenvalue weighted by atomic mass is 10.2. The van der Waals surface area contributed by atoms with Crippen LogP contribution in [-0.4, -0.2) is 33.1 Å². The van der Waals surface area contributed by atoms with Gasteiger partial charge >= 0.3 is 5.97 Å². The van der Waals surface area contributed by atoms with Gasteiger partial charge in [-0.05, 0) is 94.1 Å². The van der Waals surface area contributed by atoms with Crippen LogP contribution in [0.15, 0.2) is 81.0 Å². The van der Waals surface area contributed by atoms with E-state index in [1.807, 2.05) is 36.4 Å². The molecule has 2 heterocycles. The van der Waals surface area contributed by atoms with Crippen molar-refractivity contribution in [2.75, 3.05) is 0 Å². The van der Waals surface area contributed by atoms with Crippen molar-refractivity contribution in [3.05, 3.63) is 89.8 Å². The number of furan rings is 1. The highest BCUT2D eigenvalue weighted by atomic mass is 127. The Morgan fingerprint density at radius 1 is 1.11 bits per heavy atom. The molecule has 0 aliphatic carbocycles. The monoisotopic (exact) mass is 705 g/mol. The van der Waals surface area contributed by atoms with Crippen LogP contribution in [0, 0.1) is 7.14 Å². The van der Waals surface area contributed by atoms with Crippen LogP contribution in [0.2, 0.25) is 0 Å². The second-order valence-electron chi connectivity index (χ2n) is 7.87. The van der Waals surface area contributed by atoms with Gasteiger partial charge in [-0.25, -0.2) is 9.78 Å². The summed E-state index contributed by atoms with van der Waals surface area (Å²) in [5.74, 6) is 0.141. The predicted octanol–water partition coefficient (Wildman–Crippen LogP) is 5.75. The molecule has 0 radical (unpaired) electrons. The molecular weight excluding hydrogens is 688 g/mol. The Morgan fingerprint density at radius 3 is 2.53 bits per heavy atom. The van der Waals surface area contributed by atoms with Crippen LogP contribution in [0.25, 0.3) is 33.5 Å². The van der Waals surface area contributed by atoms with Crippen molar-refractivity contribution in [3.8, 4) is 17.3 Å². The molecule has 0 bridgehead atoms. The predicted molar refractivity (Wildman–Crippen MR) is 154 cm³/mol. The van der Waals surface area contributed by atoms with Crippen LogP contribution in [0.3, 0.4) is 0 Å². The Balaban J connectivity index is 1.61. The number of carboxylic acids is 1. The molecule has 0 aliphatic rings. The first-order valence-corrected chi connectivity index (χ1v) is 12.9. The highest BCUT2D eigenvalue weighted by Crippen LogP contribution is 2.30. The molecule has 1 N–H and O–H groups in total. The largest absolute Gasteiger partial charge is 0.479 e. The lowest BCUT2D eigenvalue weighted by Crippen LogP contribution is -2.23. The van der Waals surface area contributed by atoms with E-state index in [1.165, 1.54) is 11.6 Å². The maximum Gasteiger partial charge on any atom is 0.344 e. The van der Waals surface area contributed by atoms with Crippen LogP contribution in [0.4, 0.5) is 0 Å². The number of ether oxygens (including phenoxy) is 1. The first-order chi connectivity index (χ1) is 17.3. The first kappa shape index (κ1) is 24.4. The second-order valence-corrected chi connectivity index (χ2v) is 10.2. The Labute approximate surface area is 231 Å². The lowest BCUT2D eigenvalue weighted by molar-refractivity contribution is -0.144. The van der Waals surface area contributed by atoms with E-state index in [0.717, 1.165) is 12.5 Å². The fourth-order valence-electron chi connectivity index (χ4n) is 3.60. The van der Waals surface area contributed by atoms with Crippen molar-refractivity contribution in [2.24, 2.45) is 5.10 Å². The molecule has 0 spiro atoms.